The van der Waals surface area contributed by atoms with E-state index < -0.39 is 40.5 Å². The number of carbonyl (C=O) groups excluding carboxylic acids is 1. The van der Waals surface area contributed by atoms with Gasteiger partial charge in [-0.3, -0.25) is 9.59 Å². The van der Waals surface area contributed by atoms with Crippen molar-refractivity contribution in [2.24, 2.45) is 0 Å². The Morgan fingerprint density at radius 2 is 1.82 bits per heavy atom. The van der Waals surface area contributed by atoms with E-state index in [0.29, 0.717) is 12.0 Å². The van der Waals surface area contributed by atoms with Gasteiger partial charge in [0, 0.05) is 11.8 Å². The number of rotatable bonds is 7. The third-order valence-corrected chi connectivity index (χ3v) is 5.87. The molecule has 0 aliphatic carbocycles. The molecule has 1 heterocycles. The number of hydrogen-bond acceptors (Lipinski definition) is 5. The lowest BCUT2D eigenvalue weighted by Crippen LogP contribution is -2.21. The first-order valence-corrected chi connectivity index (χ1v) is 11.7. The van der Waals surface area contributed by atoms with Crippen LogP contribution in [0.5, 0.6) is 17.2 Å². The molecular weight excluding hydrogens is 530 g/mol. The molecule has 1 amide bonds. The van der Waals surface area contributed by atoms with Crippen LogP contribution in [0.25, 0.3) is 11.0 Å². The smallest absolute Gasteiger partial charge is 0.417 e. The van der Waals surface area contributed by atoms with Crippen molar-refractivity contribution < 1.29 is 36.2 Å². The van der Waals surface area contributed by atoms with Gasteiger partial charge in [-0.15, -0.1) is 0 Å². The van der Waals surface area contributed by atoms with E-state index in [1.54, 1.807) is 13.0 Å². The maximum atomic E-state index is 14.0. The number of aryl methyl sites for hydroxylation is 2. The number of alkyl halides is 3. The van der Waals surface area contributed by atoms with Crippen molar-refractivity contribution >= 4 is 34.2 Å². The highest BCUT2D eigenvalue weighted by Crippen LogP contribution is 2.36. The van der Waals surface area contributed by atoms with E-state index in [1.165, 1.54) is 43.3 Å². The van der Waals surface area contributed by atoms with Crippen molar-refractivity contribution in [2.75, 3.05) is 11.9 Å². The second kappa shape index (κ2) is 10.7. The van der Waals surface area contributed by atoms with Crippen LogP contribution in [0.4, 0.5) is 23.2 Å². The molecular formula is C27H20ClF4NO5. The molecule has 4 rings (SSSR count). The van der Waals surface area contributed by atoms with Gasteiger partial charge in [0.1, 0.15) is 17.1 Å². The number of amides is 1. The molecule has 0 aliphatic rings. The van der Waals surface area contributed by atoms with Crippen molar-refractivity contribution in [3.05, 3.63) is 92.5 Å². The van der Waals surface area contributed by atoms with Gasteiger partial charge < -0.3 is 19.2 Å². The summed E-state index contributed by atoms with van der Waals surface area (Å²) in [6, 6.07) is 11.6. The zero-order valence-electron chi connectivity index (χ0n) is 20.0. The van der Waals surface area contributed by atoms with Crippen molar-refractivity contribution in [1.82, 2.24) is 0 Å². The molecule has 11 heteroatoms. The molecule has 0 unspecified atom stereocenters. The SMILES string of the molecule is CCc1cc2c(=O)c(Oc3ccccc3F)c(C)oc2cc1OCC(=O)Nc1ccc(Cl)c(C(F)(F)F)c1. The van der Waals surface area contributed by atoms with Gasteiger partial charge in [-0.1, -0.05) is 30.7 Å². The lowest BCUT2D eigenvalue weighted by molar-refractivity contribution is -0.137. The summed E-state index contributed by atoms with van der Waals surface area (Å²) in [7, 11) is 0. The largest absolute Gasteiger partial charge is 0.483 e. The highest BCUT2D eigenvalue weighted by Gasteiger charge is 2.33. The van der Waals surface area contributed by atoms with Gasteiger partial charge in [0.05, 0.1) is 16.0 Å². The van der Waals surface area contributed by atoms with Crippen LogP contribution in [-0.4, -0.2) is 12.5 Å². The Hall–Kier alpha value is -4.05. The van der Waals surface area contributed by atoms with Gasteiger partial charge in [-0.2, -0.15) is 13.2 Å². The second-order valence-electron chi connectivity index (χ2n) is 8.19. The van der Waals surface area contributed by atoms with Gasteiger partial charge in [0.2, 0.25) is 11.2 Å². The second-order valence-corrected chi connectivity index (χ2v) is 8.60. The van der Waals surface area contributed by atoms with Gasteiger partial charge in [0.15, 0.2) is 18.2 Å². The molecule has 0 spiro atoms. The standard InChI is InChI=1S/C27H20ClF4NO5/c1-3-15-10-17-23(37-14(2)26(25(17)35)38-21-7-5-4-6-20(21)29)12-22(15)36-13-24(34)33-16-8-9-19(28)18(11-16)27(30,31)32/h4-12H,3,13H2,1-2H3,(H,33,34). The van der Waals surface area contributed by atoms with E-state index in [1.807, 2.05) is 0 Å². The number of benzene rings is 3. The molecule has 198 valence electrons. The zero-order valence-corrected chi connectivity index (χ0v) is 20.8. The first kappa shape index (κ1) is 27.0. The molecule has 6 nitrogen and oxygen atoms in total. The summed E-state index contributed by atoms with van der Waals surface area (Å²) >= 11 is 5.61. The molecule has 0 atom stereocenters. The van der Waals surface area contributed by atoms with Crippen LogP contribution in [0, 0.1) is 12.7 Å². The van der Waals surface area contributed by atoms with Gasteiger partial charge in [0.25, 0.3) is 5.91 Å². The fourth-order valence-corrected chi connectivity index (χ4v) is 3.91. The number of nitrogens with one attached hydrogen (secondary N) is 1. The van der Waals surface area contributed by atoms with E-state index in [0.717, 1.165) is 12.1 Å². The van der Waals surface area contributed by atoms with Crippen LogP contribution >= 0.6 is 11.6 Å². The molecule has 4 aromatic rings. The highest BCUT2D eigenvalue weighted by atomic mass is 35.5. The predicted molar refractivity (Wildman–Crippen MR) is 134 cm³/mol. The summed E-state index contributed by atoms with van der Waals surface area (Å²) in [5.41, 5.74) is -0.996. The summed E-state index contributed by atoms with van der Waals surface area (Å²) in [6.45, 7) is 2.76. The zero-order chi connectivity index (χ0) is 27.6. The minimum Gasteiger partial charge on any atom is -0.483 e. The number of para-hydroxylation sites is 1. The normalized spacial score (nSPS) is 11.4. The Morgan fingerprint density at radius 1 is 1.08 bits per heavy atom. The van der Waals surface area contributed by atoms with Crippen molar-refractivity contribution in [3.63, 3.8) is 0 Å². The minimum absolute atomic E-state index is 0.0990. The molecule has 1 N–H and O–H groups in total. The summed E-state index contributed by atoms with van der Waals surface area (Å²) in [6.07, 6.45) is -4.27. The summed E-state index contributed by atoms with van der Waals surface area (Å²) in [4.78, 5) is 25.5. The Bertz CT molecular complexity index is 1580. The molecule has 0 saturated carbocycles. The Labute approximate surface area is 218 Å². The number of halogens is 5. The van der Waals surface area contributed by atoms with E-state index >= 15 is 0 Å². The highest BCUT2D eigenvalue weighted by molar-refractivity contribution is 6.31. The average Bonchev–Trinajstić information content (AvgIpc) is 2.86. The van der Waals surface area contributed by atoms with Crippen LogP contribution in [-0.2, 0) is 17.4 Å². The predicted octanol–water partition coefficient (Wildman–Crippen LogP) is 7.28. The van der Waals surface area contributed by atoms with Gasteiger partial charge >= 0.3 is 6.18 Å². The lowest BCUT2D eigenvalue weighted by atomic mass is 10.1. The van der Waals surface area contributed by atoms with E-state index in [4.69, 9.17) is 25.5 Å². The third-order valence-electron chi connectivity index (χ3n) is 5.54. The minimum atomic E-state index is -4.68. The van der Waals surface area contributed by atoms with Crippen LogP contribution < -0.4 is 20.2 Å². The number of fused-ring (bicyclic) bond motifs is 1. The summed E-state index contributed by atoms with van der Waals surface area (Å²) < 4.78 is 70.1. The van der Waals surface area contributed by atoms with Crippen molar-refractivity contribution in [2.45, 2.75) is 26.4 Å². The van der Waals surface area contributed by atoms with Crippen LogP contribution in [0.15, 0.2) is 63.8 Å². The lowest BCUT2D eigenvalue weighted by Gasteiger charge is -2.14. The van der Waals surface area contributed by atoms with Gasteiger partial charge in [-0.25, -0.2) is 4.39 Å². The number of carbonyl (C=O) groups is 1. The molecule has 3 aromatic carbocycles. The van der Waals surface area contributed by atoms with E-state index in [2.05, 4.69) is 5.32 Å². The topological polar surface area (TPSA) is 77.8 Å². The summed E-state index contributed by atoms with van der Waals surface area (Å²) in [5, 5.41) is 2.01. The van der Waals surface area contributed by atoms with Crippen LogP contribution in [0.3, 0.4) is 0 Å². The molecule has 38 heavy (non-hydrogen) atoms. The first-order valence-electron chi connectivity index (χ1n) is 11.3. The van der Waals surface area contributed by atoms with Crippen molar-refractivity contribution in [1.29, 1.82) is 0 Å². The maximum Gasteiger partial charge on any atom is 0.417 e. The van der Waals surface area contributed by atoms with Crippen LogP contribution in [0.1, 0.15) is 23.8 Å². The summed E-state index contributed by atoms with van der Waals surface area (Å²) in [5.74, 6) is -1.31. The maximum absolute atomic E-state index is 14.0. The first-order chi connectivity index (χ1) is 18.0. The molecule has 0 bridgehead atoms. The fraction of sp³-hybridized carbons (Fsp3) is 0.185. The number of ether oxygens (including phenoxy) is 2. The molecule has 1 aromatic heterocycles. The van der Waals surface area contributed by atoms with Gasteiger partial charge in [-0.05, 0) is 55.3 Å². The average molecular weight is 550 g/mol. The quantitative estimate of drug-likeness (QED) is 0.245. The van der Waals surface area contributed by atoms with E-state index in [9.17, 15) is 27.2 Å². The number of hydrogen-bond donors (Lipinski definition) is 1. The molecule has 0 fully saturated rings. The van der Waals surface area contributed by atoms with Crippen molar-refractivity contribution in [3.8, 4) is 17.2 Å². The Balaban J connectivity index is 1.56. The monoisotopic (exact) mass is 549 g/mol. The Kier molecular flexibility index (Phi) is 7.63. The third kappa shape index (κ3) is 5.75. The molecule has 0 radical (unpaired) electrons. The number of anilines is 1. The van der Waals surface area contributed by atoms with Crippen LogP contribution in [0.2, 0.25) is 5.02 Å². The Morgan fingerprint density at radius 3 is 2.50 bits per heavy atom. The van der Waals surface area contributed by atoms with E-state index in [-0.39, 0.29) is 39.7 Å². The molecule has 0 saturated heterocycles. The molecule has 0 aliphatic heterocycles. The fourth-order valence-electron chi connectivity index (χ4n) is 3.69.